The Kier molecular flexibility index (Phi) is 5.34. The van der Waals surface area contributed by atoms with Crippen molar-refractivity contribution in [3.8, 4) is 0 Å². The fraction of sp³-hybridized carbons (Fsp3) is 0.348. The third-order valence-electron chi connectivity index (χ3n) is 5.52. The smallest absolute Gasteiger partial charge is 0.320 e. The lowest BCUT2D eigenvalue weighted by Crippen LogP contribution is -2.29. The Bertz CT molecular complexity index is 1050. The molecular weight excluding hydrogens is 362 g/mol. The molecule has 0 N–H and O–H groups in total. The van der Waals surface area contributed by atoms with Crippen LogP contribution in [-0.4, -0.2) is 50.5 Å². The van der Waals surface area contributed by atoms with E-state index < -0.39 is 0 Å². The zero-order valence-electron chi connectivity index (χ0n) is 17.3. The van der Waals surface area contributed by atoms with E-state index in [2.05, 4.69) is 47.7 Å². The van der Waals surface area contributed by atoms with Gasteiger partial charge in [-0.05, 0) is 48.8 Å². The molecule has 0 radical (unpaired) electrons. The van der Waals surface area contributed by atoms with Crippen molar-refractivity contribution >= 4 is 29.2 Å². The Morgan fingerprint density at radius 1 is 1.10 bits per heavy atom. The van der Waals surface area contributed by atoms with Crippen LogP contribution in [0, 0.1) is 0 Å². The van der Waals surface area contributed by atoms with Gasteiger partial charge in [-0.3, -0.25) is 4.98 Å². The van der Waals surface area contributed by atoms with Gasteiger partial charge < -0.3 is 14.4 Å². The highest BCUT2D eigenvalue weighted by atomic mass is 16.2. The van der Waals surface area contributed by atoms with Crippen LogP contribution in [0.2, 0.25) is 0 Å². The van der Waals surface area contributed by atoms with Crippen LogP contribution < -0.4 is 0 Å². The first-order valence-electron chi connectivity index (χ1n) is 10.2. The van der Waals surface area contributed by atoms with E-state index in [1.807, 2.05) is 36.4 Å². The first-order chi connectivity index (χ1) is 14.1. The Balaban J connectivity index is 1.53. The number of carbonyl (C=O) groups excluding carboxylic acids is 1. The van der Waals surface area contributed by atoms with Crippen molar-refractivity contribution in [2.75, 3.05) is 20.1 Å². The number of hydrogen-bond acceptors (Lipinski definition) is 3. The summed E-state index contributed by atoms with van der Waals surface area (Å²) in [7, 11) is 1.83. The lowest BCUT2D eigenvalue weighted by molar-refractivity contribution is 0.196. The Morgan fingerprint density at radius 2 is 1.97 bits per heavy atom. The van der Waals surface area contributed by atoms with Gasteiger partial charge in [0.15, 0.2) is 0 Å². The molecule has 0 unspecified atom stereocenters. The Labute approximate surface area is 171 Å². The summed E-state index contributed by atoms with van der Waals surface area (Å²) in [5.41, 5.74) is 5.46. The number of carbonyl (C=O) groups is 1. The summed E-state index contributed by atoms with van der Waals surface area (Å²) in [6.45, 7) is 7.27. The molecule has 1 saturated heterocycles. The summed E-state index contributed by atoms with van der Waals surface area (Å²) < 4.78 is 2.24. The van der Waals surface area contributed by atoms with Crippen molar-refractivity contribution in [3.63, 3.8) is 0 Å². The van der Waals surface area contributed by atoms with Crippen LogP contribution in [0.3, 0.4) is 0 Å². The van der Waals surface area contributed by atoms with Crippen LogP contribution in [0.4, 0.5) is 4.79 Å². The van der Waals surface area contributed by atoms with Crippen molar-refractivity contribution in [1.82, 2.24) is 24.3 Å². The zero-order valence-corrected chi connectivity index (χ0v) is 17.3. The molecule has 0 saturated carbocycles. The molecule has 29 heavy (non-hydrogen) atoms. The van der Waals surface area contributed by atoms with E-state index in [4.69, 9.17) is 4.98 Å². The summed E-state index contributed by atoms with van der Waals surface area (Å²) in [6, 6.07) is 10.5. The lowest BCUT2D eigenvalue weighted by atomic mass is 10.1. The number of aromatic nitrogens is 3. The molecule has 3 aromatic rings. The fourth-order valence-corrected chi connectivity index (χ4v) is 3.81. The van der Waals surface area contributed by atoms with Crippen LogP contribution in [0.1, 0.15) is 36.5 Å². The number of amides is 2. The molecule has 1 aliphatic rings. The summed E-state index contributed by atoms with van der Waals surface area (Å²) in [4.78, 5) is 25.0. The molecule has 0 bridgehead atoms. The van der Waals surface area contributed by atoms with Crippen molar-refractivity contribution in [2.24, 2.45) is 0 Å². The number of para-hydroxylation sites is 1. The normalized spacial score (nSPS) is 14.7. The molecular formula is C23H27N5O. The van der Waals surface area contributed by atoms with Gasteiger partial charge in [-0.1, -0.05) is 25.1 Å². The second kappa shape index (κ2) is 8.07. The zero-order chi connectivity index (χ0) is 20.4. The molecule has 150 valence electrons. The number of benzene rings is 1. The van der Waals surface area contributed by atoms with E-state index in [-0.39, 0.29) is 6.03 Å². The number of rotatable bonds is 6. The molecule has 1 aliphatic heterocycles. The average Bonchev–Trinajstić information content (AvgIpc) is 3.27. The van der Waals surface area contributed by atoms with Crippen molar-refractivity contribution in [1.29, 1.82) is 0 Å². The van der Waals surface area contributed by atoms with Crippen molar-refractivity contribution in [3.05, 3.63) is 59.2 Å². The molecule has 2 aromatic heterocycles. The van der Waals surface area contributed by atoms with E-state index >= 15 is 0 Å². The van der Waals surface area contributed by atoms with Crippen LogP contribution >= 0.6 is 0 Å². The number of imidazole rings is 1. The summed E-state index contributed by atoms with van der Waals surface area (Å²) in [5, 5.41) is 0. The van der Waals surface area contributed by atoms with Gasteiger partial charge in [-0.15, -0.1) is 0 Å². The number of nitrogens with zero attached hydrogens (tertiary/aromatic N) is 5. The van der Waals surface area contributed by atoms with Gasteiger partial charge in [-0.25, -0.2) is 9.78 Å². The van der Waals surface area contributed by atoms with Gasteiger partial charge in [0.2, 0.25) is 0 Å². The van der Waals surface area contributed by atoms with Gasteiger partial charge in [-0.2, -0.15) is 0 Å². The molecule has 1 aromatic carbocycles. The van der Waals surface area contributed by atoms with E-state index in [1.54, 1.807) is 4.90 Å². The highest BCUT2D eigenvalue weighted by Crippen LogP contribution is 2.22. The maximum Gasteiger partial charge on any atom is 0.320 e. The number of hydrogen-bond donors (Lipinski definition) is 0. The van der Waals surface area contributed by atoms with Gasteiger partial charge in [0.25, 0.3) is 0 Å². The monoisotopic (exact) mass is 389 g/mol. The van der Waals surface area contributed by atoms with E-state index in [1.165, 1.54) is 11.1 Å². The average molecular weight is 390 g/mol. The van der Waals surface area contributed by atoms with Crippen molar-refractivity contribution in [2.45, 2.75) is 33.4 Å². The van der Waals surface area contributed by atoms with Crippen LogP contribution in [0.5, 0.6) is 0 Å². The second-order valence-corrected chi connectivity index (χ2v) is 7.39. The Hall–Kier alpha value is -3.15. The first kappa shape index (κ1) is 19.2. The molecule has 2 amide bonds. The first-order valence-corrected chi connectivity index (χ1v) is 10.2. The molecule has 0 spiro atoms. The number of likely N-dealkylation sites (N-methyl/N-ethyl adjacent to an activating group) is 1. The van der Waals surface area contributed by atoms with Gasteiger partial charge in [0, 0.05) is 32.9 Å². The van der Waals surface area contributed by atoms with E-state index in [0.717, 1.165) is 48.7 Å². The van der Waals surface area contributed by atoms with Crippen LogP contribution in [0.15, 0.2) is 36.5 Å². The number of aryl methyl sites for hydroxylation is 2. The minimum absolute atomic E-state index is 0.0701. The number of urea groups is 1. The van der Waals surface area contributed by atoms with Crippen LogP contribution in [0.25, 0.3) is 23.2 Å². The lowest BCUT2D eigenvalue weighted by Gasteiger charge is -2.15. The molecule has 6 heteroatoms. The third kappa shape index (κ3) is 3.75. The van der Waals surface area contributed by atoms with Crippen LogP contribution in [-0.2, 0) is 19.5 Å². The van der Waals surface area contributed by atoms with Crippen molar-refractivity contribution < 1.29 is 4.79 Å². The maximum absolute atomic E-state index is 12.0. The summed E-state index contributed by atoms with van der Waals surface area (Å²) in [5.74, 6) is 0.957. The summed E-state index contributed by atoms with van der Waals surface area (Å²) in [6.07, 6.45) is 6.93. The molecule has 4 rings (SSSR count). The maximum atomic E-state index is 12.0. The summed E-state index contributed by atoms with van der Waals surface area (Å²) >= 11 is 0. The predicted molar refractivity (Wildman–Crippen MR) is 116 cm³/mol. The second-order valence-electron chi connectivity index (χ2n) is 7.39. The van der Waals surface area contributed by atoms with Gasteiger partial charge >= 0.3 is 6.03 Å². The third-order valence-corrected chi connectivity index (χ3v) is 5.52. The van der Waals surface area contributed by atoms with Gasteiger partial charge in [0.05, 0.1) is 23.3 Å². The predicted octanol–water partition coefficient (Wildman–Crippen LogP) is 4.05. The minimum Gasteiger partial charge on any atom is -0.326 e. The highest BCUT2D eigenvalue weighted by Gasteiger charge is 2.25. The molecule has 3 heterocycles. The molecule has 1 fully saturated rings. The SMILES string of the molecule is CCc1cccc2c1nc(/C=C/c1ccc(CN3CCN(C)C3=O)nc1)n2CC. The highest BCUT2D eigenvalue weighted by molar-refractivity contribution is 5.82. The number of fused-ring (bicyclic) bond motifs is 1. The largest absolute Gasteiger partial charge is 0.326 e. The molecule has 6 nitrogen and oxygen atoms in total. The fourth-order valence-electron chi connectivity index (χ4n) is 3.81. The Morgan fingerprint density at radius 3 is 2.62 bits per heavy atom. The van der Waals surface area contributed by atoms with E-state index in [9.17, 15) is 4.79 Å². The quantitative estimate of drug-likeness (QED) is 0.639. The minimum atomic E-state index is 0.0701. The van der Waals surface area contributed by atoms with E-state index in [0.29, 0.717) is 6.54 Å². The van der Waals surface area contributed by atoms with Gasteiger partial charge in [0.1, 0.15) is 5.82 Å². The standard InChI is InChI=1S/C23H27N5O/c1-4-18-7-6-8-20-22(18)25-21(28(20)5-2)12-10-17-9-11-19(24-15-17)16-27-14-13-26(3)23(27)29/h6-12,15H,4-5,13-14,16H2,1-3H3/b12-10+. The molecule has 0 atom stereocenters. The number of pyridine rings is 1. The molecule has 0 aliphatic carbocycles. The topological polar surface area (TPSA) is 54.3 Å².